The van der Waals surface area contributed by atoms with Gasteiger partial charge in [-0.3, -0.25) is 0 Å². The van der Waals surface area contributed by atoms with Crippen molar-refractivity contribution >= 4 is 15.9 Å². The van der Waals surface area contributed by atoms with E-state index >= 15 is 0 Å². The third kappa shape index (κ3) is 3.27. The molecule has 1 aliphatic rings. The van der Waals surface area contributed by atoms with Crippen LogP contribution in [-0.2, 0) is 11.2 Å². The van der Waals surface area contributed by atoms with Crippen molar-refractivity contribution in [2.45, 2.75) is 18.9 Å². The van der Waals surface area contributed by atoms with Crippen LogP contribution in [0.5, 0.6) is 0 Å². The summed E-state index contributed by atoms with van der Waals surface area (Å²) in [6.07, 6.45) is 2.00. The fourth-order valence-corrected chi connectivity index (χ4v) is 2.24. The van der Waals surface area contributed by atoms with Crippen molar-refractivity contribution in [3.63, 3.8) is 0 Å². The highest BCUT2D eigenvalue weighted by Gasteiger charge is 2.13. The first-order chi connectivity index (χ1) is 7.75. The maximum absolute atomic E-state index is 13.0. The Balaban J connectivity index is 1.78. The van der Waals surface area contributed by atoms with Gasteiger partial charge in [0.25, 0.3) is 0 Å². The van der Waals surface area contributed by atoms with E-state index in [9.17, 15) is 4.39 Å². The van der Waals surface area contributed by atoms with Crippen molar-refractivity contribution in [1.82, 2.24) is 5.32 Å². The van der Waals surface area contributed by atoms with E-state index in [1.165, 1.54) is 6.07 Å². The summed E-state index contributed by atoms with van der Waals surface area (Å²) in [5.41, 5.74) is 1.14. The third-order valence-electron chi connectivity index (χ3n) is 2.76. The Morgan fingerprint density at radius 3 is 3.06 bits per heavy atom. The van der Waals surface area contributed by atoms with Gasteiger partial charge in [0, 0.05) is 12.6 Å². The first-order valence-electron chi connectivity index (χ1n) is 5.51. The van der Waals surface area contributed by atoms with Gasteiger partial charge < -0.3 is 10.1 Å². The van der Waals surface area contributed by atoms with E-state index < -0.39 is 0 Å². The van der Waals surface area contributed by atoms with Gasteiger partial charge in [0.1, 0.15) is 5.82 Å². The van der Waals surface area contributed by atoms with Gasteiger partial charge in [0.05, 0.1) is 11.1 Å². The minimum Gasteiger partial charge on any atom is -0.380 e. The summed E-state index contributed by atoms with van der Waals surface area (Å²) in [6, 6.07) is 5.65. The van der Waals surface area contributed by atoms with E-state index in [0.29, 0.717) is 10.5 Å². The molecule has 1 aromatic carbocycles. The van der Waals surface area contributed by atoms with Crippen molar-refractivity contribution in [2.24, 2.45) is 0 Å². The molecular weight excluding hydrogens is 273 g/mol. The van der Waals surface area contributed by atoms with Gasteiger partial charge in [-0.2, -0.15) is 0 Å². The standard InChI is InChI=1S/C12H15BrFNO/c13-11-7-9(1-2-12(11)14)3-5-15-10-4-6-16-8-10/h1-2,7,10,15H,3-6,8H2. The van der Waals surface area contributed by atoms with Crippen LogP contribution in [0.15, 0.2) is 22.7 Å². The average molecular weight is 288 g/mol. The molecule has 0 spiro atoms. The molecule has 88 valence electrons. The first-order valence-corrected chi connectivity index (χ1v) is 6.30. The minimum absolute atomic E-state index is 0.207. The number of hydrogen-bond donors (Lipinski definition) is 1. The number of nitrogens with one attached hydrogen (secondary N) is 1. The number of benzene rings is 1. The lowest BCUT2D eigenvalue weighted by molar-refractivity contribution is 0.190. The van der Waals surface area contributed by atoms with Gasteiger partial charge in [-0.1, -0.05) is 6.07 Å². The van der Waals surface area contributed by atoms with Crippen LogP contribution < -0.4 is 5.32 Å². The van der Waals surface area contributed by atoms with E-state index in [-0.39, 0.29) is 5.82 Å². The van der Waals surface area contributed by atoms with Gasteiger partial charge in [-0.25, -0.2) is 4.39 Å². The van der Waals surface area contributed by atoms with Crippen molar-refractivity contribution in [3.8, 4) is 0 Å². The van der Waals surface area contributed by atoms with Crippen LogP contribution in [-0.4, -0.2) is 25.8 Å². The SMILES string of the molecule is Fc1ccc(CCNC2CCOC2)cc1Br. The zero-order valence-electron chi connectivity index (χ0n) is 9.01. The first kappa shape index (κ1) is 12.0. The molecule has 1 heterocycles. The Hall–Kier alpha value is -0.450. The predicted molar refractivity (Wildman–Crippen MR) is 65.0 cm³/mol. The van der Waals surface area contributed by atoms with Gasteiger partial charge >= 0.3 is 0 Å². The number of rotatable bonds is 4. The minimum atomic E-state index is -0.207. The Bertz CT molecular complexity index is 353. The van der Waals surface area contributed by atoms with Crippen molar-refractivity contribution in [1.29, 1.82) is 0 Å². The van der Waals surface area contributed by atoms with E-state index in [2.05, 4.69) is 21.2 Å². The van der Waals surface area contributed by atoms with Crippen molar-refractivity contribution in [3.05, 3.63) is 34.1 Å². The topological polar surface area (TPSA) is 21.3 Å². The van der Waals surface area contributed by atoms with Gasteiger partial charge in [0.15, 0.2) is 0 Å². The summed E-state index contributed by atoms with van der Waals surface area (Å²) in [5.74, 6) is -0.207. The molecule has 1 atom stereocenters. The molecule has 1 unspecified atom stereocenters. The van der Waals surface area contributed by atoms with Crippen molar-refractivity contribution < 1.29 is 9.13 Å². The van der Waals surface area contributed by atoms with Crippen LogP contribution in [0.1, 0.15) is 12.0 Å². The molecule has 0 radical (unpaired) electrons. The van der Waals surface area contributed by atoms with Gasteiger partial charge in [-0.05, 0) is 53.0 Å². The normalized spacial score (nSPS) is 20.2. The molecule has 0 saturated carbocycles. The summed E-state index contributed by atoms with van der Waals surface area (Å²) in [5, 5.41) is 3.43. The summed E-state index contributed by atoms with van der Waals surface area (Å²) < 4.78 is 18.8. The molecule has 1 N–H and O–H groups in total. The Morgan fingerprint density at radius 1 is 1.50 bits per heavy atom. The highest BCUT2D eigenvalue weighted by atomic mass is 79.9. The van der Waals surface area contributed by atoms with Crippen LogP contribution in [0.25, 0.3) is 0 Å². The lowest BCUT2D eigenvalue weighted by atomic mass is 10.1. The molecular formula is C12H15BrFNO. The summed E-state index contributed by atoms with van der Waals surface area (Å²) >= 11 is 3.19. The molecule has 1 aromatic rings. The Kier molecular flexibility index (Phi) is 4.32. The number of halogens is 2. The van der Waals surface area contributed by atoms with Crippen LogP contribution >= 0.6 is 15.9 Å². The molecule has 0 amide bonds. The molecule has 16 heavy (non-hydrogen) atoms. The Labute approximate surface area is 103 Å². The van der Waals surface area contributed by atoms with E-state index in [1.807, 2.05) is 12.1 Å². The highest BCUT2D eigenvalue weighted by molar-refractivity contribution is 9.10. The van der Waals surface area contributed by atoms with Crippen LogP contribution in [0, 0.1) is 5.82 Å². The van der Waals surface area contributed by atoms with E-state index in [4.69, 9.17) is 4.74 Å². The predicted octanol–water partition coefficient (Wildman–Crippen LogP) is 2.51. The van der Waals surface area contributed by atoms with Crippen LogP contribution in [0.3, 0.4) is 0 Å². The second-order valence-electron chi connectivity index (χ2n) is 4.01. The zero-order valence-corrected chi connectivity index (χ0v) is 10.6. The van der Waals surface area contributed by atoms with E-state index in [1.54, 1.807) is 0 Å². The van der Waals surface area contributed by atoms with Crippen LogP contribution in [0.4, 0.5) is 4.39 Å². The number of ether oxygens (including phenoxy) is 1. The molecule has 2 nitrogen and oxygen atoms in total. The molecule has 1 fully saturated rings. The summed E-state index contributed by atoms with van der Waals surface area (Å²) in [4.78, 5) is 0. The number of hydrogen-bond acceptors (Lipinski definition) is 2. The fraction of sp³-hybridized carbons (Fsp3) is 0.500. The highest BCUT2D eigenvalue weighted by Crippen LogP contribution is 2.17. The maximum atomic E-state index is 13.0. The molecule has 0 aliphatic carbocycles. The fourth-order valence-electron chi connectivity index (χ4n) is 1.81. The third-order valence-corrected chi connectivity index (χ3v) is 3.37. The molecule has 1 aliphatic heterocycles. The Morgan fingerprint density at radius 2 is 2.38 bits per heavy atom. The second-order valence-corrected chi connectivity index (χ2v) is 4.87. The average Bonchev–Trinajstić information content (AvgIpc) is 2.76. The molecule has 1 saturated heterocycles. The summed E-state index contributed by atoms with van der Waals surface area (Å²) in [7, 11) is 0. The van der Waals surface area contributed by atoms with E-state index in [0.717, 1.165) is 38.2 Å². The zero-order chi connectivity index (χ0) is 11.4. The molecule has 0 aromatic heterocycles. The molecule has 2 rings (SSSR count). The second kappa shape index (κ2) is 5.75. The lowest BCUT2D eigenvalue weighted by Crippen LogP contribution is -2.30. The largest absolute Gasteiger partial charge is 0.380 e. The molecule has 4 heteroatoms. The van der Waals surface area contributed by atoms with Gasteiger partial charge in [0.2, 0.25) is 0 Å². The van der Waals surface area contributed by atoms with Crippen molar-refractivity contribution in [2.75, 3.05) is 19.8 Å². The molecule has 0 bridgehead atoms. The van der Waals surface area contributed by atoms with Gasteiger partial charge in [-0.15, -0.1) is 0 Å². The smallest absolute Gasteiger partial charge is 0.137 e. The summed E-state index contributed by atoms with van der Waals surface area (Å²) in [6.45, 7) is 2.58. The lowest BCUT2D eigenvalue weighted by Gasteiger charge is -2.10. The monoisotopic (exact) mass is 287 g/mol. The van der Waals surface area contributed by atoms with Crippen LogP contribution in [0.2, 0.25) is 0 Å². The quantitative estimate of drug-likeness (QED) is 0.919. The maximum Gasteiger partial charge on any atom is 0.137 e.